The number of carbonyl (C=O) groups excluding carboxylic acids is 1. The zero-order chi connectivity index (χ0) is 11.7. The first-order valence-corrected chi connectivity index (χ1v) is 6.34. The molecule has 0 aliphatic carbocycles. The Labute approximate surface area is 101 Å². The fourth-order valence-electron chi connectivity index (χ4n) is 2.68. The van der Waals surface area contributed by atoms with Crippen LogP contribution in [0.5, 0.6) is 0 Å². The number of rotatable bonds is 1. The number of carbonyl (C=O) groups is 1. The zero-order valence-corrected chi connectivity index (χ0v) is 9.93. The maximum absolute atomic E-state index is 12.3. The molecule has 3 heterocycles. The number of amides is 1. The zero-order valence-electron chi connectivity index (χ0n) is 9.93. The van der Waals surface area contributed by atoms with E-state index < -0.39 is 0 Å². The van der Waals surface area contributed by atoms with Crippen molar-refractivity contribution in [3.8, 4) is 0 Å². The molecule has 0 bridgehead atoms. The summed E-state index contributed by atoms with van der Waals surface area (Å²) in [6.45, 7) is 4.25. The fraction of sp³-hybridized carbons (Fsp3) is 0.667. The molecule has 2 aliphatic rings. The van der Waals surface area contributed by atoms with Gasteiger partial charge in [0.1, 0.15) is 5.82 Å². The Morgan fingerprint density at radius 3 is 3.24 bits per heavy atom. The van der Waals surface area contributed by atoms with Crippen LogP contribution in [0.15, 0.2) is 12.4 Å². The SMILES string of the molecule is O=C(C1CCCNC1)N1CCn2ccnc2C1. The maximum Gasteiger partial charge on any atom is 0.227 e. The molecule has 0 radical (unpaired) electrons. The van der Waals surface area contributed by atoms with Crippen LogP contribution < -0.4 is 5.32 Å². The van der Waals surface area contributed by atoms with E-state index in [1.807, 2.05) is 17.3 Å². The molecule has 92 valence electrons. The molecular formula is C12H18N4O. The molecule has 2 aliphatic heterocycles. The number of piperidine rings is 1. The average Bonchev–Trinajstić information content (AvgIpc) is 2.86. The Kier molecular flexibility index (Phi) is 2.84. The lowest BCUT2D eigenvalue weighted by atomic mass is 9.98. The number of hydrogen-bond donors (Lipinski definition) is 1. The topological polar surface area (TPSA) is 50.2 Å². The molecule has 0 aromatic carbocycles. The molecule has 0 spiro atoms. The van der Waals surface area contributed by atoms with E-state index in [0.717, 1.165) is 44.8 Å². The standard InChI is InChI=1S/C12H18N4O/c17-12(10-2-1-3-13-8-10)16-7-6-15-5-4-14-11(15)9-16/h4-5,10,13H,1-3,6-9H2. The molecular weight excluding hydrogens is 216 g/mol. The van der Waals surface area contributed by atoms with Crippen molar-refractivity contribution in [2.45, 2.75) is 25.9 Å². The first-order valence-electron chi connectivity index (χ1n) is 6.34. The summed E-state index contributed by atoms with van der Waals surface area (Å²) in [5.74, 6) is 1.48. The van der Waals surface area contributed by atoms with E-state index in [1.165, 1.54) is 0 Å². The van der Waals surface area contributed by atoms with Gasteiger partial charge in [-0.15, -0.1) is 0 Å². The van der Waals surface area contributed by atoms with Crippen LogP contribution in [0.2, 0.25) is 0 Å². The van der Waals surface area contributed by atoms with Gasteiger partial charge in [-0.2, -0.15) is 0 Å². The number of fused-ring (bicyclic) bond motifs is 1. The van der Waals surface area contributed by atoms with Crippen LogP contribution in [0.4, 0.5) is 0 Å². The highest BCUT2D eigenvalue weighted by Gasteiger charge is 2.28. The predicted molar refractivity (Wildman–Crippen MR) is 63.2 cm³/mol. The van der Waals surface area contributed by atoms with Gasteiger partial charge in [0.2, 0.25) is 5.91 Å². The molecule has 1 amide bonds. The van der Waals surface area contributed by atoms with E-state index in [2.05, 4.69) is 14.9 Å². The Bertz CT molecular complexity index is 408. The maximum atomic E-state index is 12.3. The van der Waals surface area contributed by atoms with Crippen molar-refractivity contribution in [1.82, 2.24) is 19.8 Å². The van der Waals surface area contributed by atoms with E-state index >= 15 is 0 Å². The molecule has 3 rings (SSSR count). The van der Waals surface area contributed by atoms with Gasteiger partial charge >= 0.3 is 0 Å². The predicted octanol–water partition coefficient (Wildman–Crippen LogP) is 0.225. The minimum Gasteiger partial charge on any atom is -0.333 e. The smallest absolute Gasteiger partial charge is 0.227 e. The second-order valence-corrected chi connectivity index (χ2v) is 4.84. The van der Waals surface area contributed by atoms with Crippen molar-refractivity contribution in [1.29, 1.82) is 0 Å². The molecule has 5 heteroatoms. The minimum atomic E-state index is 0.172. The van der Waals surface area contributed by atoms with E-state index in [0.29, 0.717) is 12.5 Å². The number of nitrogens with one attached hydrogen (secondary N) is 1. The normalized spacial score (nSPS) is 24.5. The van der Waals surface area contributed by atoms with Crippen molar-refractivity contribution in [3.05, 3.63) is 18.2 Å². The number of nitrogens with zero attached hydrogens (tertiary/aromatic N) is 3. The largest absolute Gasteiger partial charge is 0.333 e. The lowest BCUT2D eigenvalue weighted by Gasteiger charge is -2.32. The van der Waals surface area contributed by atoms with Crippen LogP contribution >= 0.6 is 0 Å². The molecule has 1 saturated heterocycles. The average molecular weight is 234 g/mol. The van der Waals surface area contributed by atoms with Crippen molar-refractivity contribution in [2.75, 3.05) is 19.6 Å². The van der Waals surface area contributed by atoms with Crippen molar-refractivity contribution >= 4 is 5.91 Å². The third-order valence-electron chi connectivity index (χ3n) is 3.70. The van der Waals surface area contributed by atoms with Crippen LogP contribution in [0.25, 0.3) is 0 Å². The molecule has 1 N–H and O–H groups in total. The Hall–Kier alpha value is -1.36. The van der Waals surface area contributed by atoms with Crippen molar-refractivity contribution in [3.63, 3.8) is 0 Å². The van der Waals surface area contributed by atoms with Crippen molar-refractivity contribution in [2.24, 2.45) is 5.92 Å². The van der Waals surface area contributed by atoms with Crippen LogP contribution in [0, 0.1) is 5.92 Å². The summed E-state index contributed by atoms with van der Waals surface area (Å²) in [7, 11) is 0. The van der Waals surface area contributed by atoms with Gasteiger partial charge in [0.25, 0.3) is 0 Å². The number of hydrogen-bond acceptors (Lipinski definition) is 3. The van der Waals surface area contributed by atoms with Crippen LogP contribution in [-0.2, 0) is 17.9 Å². The Balaban J connectivity index is 1.67. The van der Waals surface area contributed by atoms with E-state index in [-0.39, 0.29) is 5.92 Å². The molecule has 17 heavy (non-hydrogen) atoms. The van der Waals surface area contributed by atoms with E-state index in [9.17, 15) is 4.79 Å². The highest BCUT2D eigenvalue weighted by molar-refractivity contribution is 5.79. The van der Waals surface area contributed by atoms with Gasteiger partial charge in [0.05, 0.1) is 12.5 Å². The molecule has 1 fully saturated rings. The molecule has 1 aromatic rings. The third kappa shape index (κ3) is 2.07. The van der Waals surface area contributed by atoms with Crippen LogP contribution in [0.1, 0.15) is 18.7 Å². The summed E-state index contributed by atoms with van der Waals surface area (Å²) in [5.41, 5.74) is 0. The lowest BCUT2D eigenvalue weighted by Crippen LogP contribution is -2.45. The first kappa shape index (κ1) is 10.8. The third-order valence-corrected chi connectivity index (χ3v) is 3.70. The number of imidazole rings is 1. The quantitative estimate of drug-likeness (QED) is 0.756. The summed E-state index contributed by atoms with van der Waals surface area (Å²) in [5, 5.41) is 3.30. The fourth-order valence-corrected chi connectivity index (χ4v) is 2.68. The van der Waals surface area contributed by atoms with Gasteiger partial charge < -0.3 is 14.8 Å². The minimum absolute atomic E-state index is 0.172. The van der Waals surface area contributed by atoms with Gasteiger partial charge in [0, 0.05) is 32.0 Å². The summed E-state index contributed by atoms with van der Waals surface area (Å²) < 4.78 is 2.13. The molecule has 0 saturated carbocycles. The van der Waals surface area contributed by atoms with Gasteiger partial charge in [-0.1, -0.05) is 0 Å². The van der Waals surface area contributed by atoms with E-state index in [1.54, 1.807) is 0 Å². The van der Waals surface area contributed by atoms with Crippen molar-refractivity contribution < 1.29 is 4.79 Å². The monoisotopic (exact) mass is 234 g/mol. The second-order valence-electron chi connectivity index (χ2n) is 4.84. The molecule has 5 nitrogen and oxygen atoms in total. The second kappa shape index (κ2) is 4.49. The molecule has 1 unspecified atom stereocenters. The van der Waals surface area contributed by atoms with Crippen LogP contribution in [0.3, 0.4) is 0 Å². The Morgan fingerprint density at radius 2 is 2.41 bits per heavy atom. The molecule has 1 aromatic heterocycles. The highest BCUT2D eigenvalue weighted by atomic mass is 16.2. The van der Waals surface area contributed by atoms with Gasteiger partial charge in [-0.05, 0) is 19.4 Å². The van der Waals surface area contributed by atoms with Gasteiger partial charge in [-0.25, -0.2) is 4.98 Å². The first-order chi connectivity index (χ1) is 8.34. The summed E-state index contributed by atoms with van der Waals surface area (Å²) in [4.78, 5) is 18.6. The van der Waals surface area contributed by atoms with Gasteiger partial charge in [-0.3, -0.25) is 4.79 Å². The van der Waals surface area contributed by atoms with Crippen LogP contribution in [-0.4, -0.2) is 40.0 Å². The number of aromatic nitrogens is 2. The molecule has 1 atom stereocenters. The van der Waals surface area contributed by atoms with Gasteiger partial charge in [0.15, 0.2) is 0 Å². The summed E-state index contributed by atoms with van der Waals surface area (Å²) in [6.07, 6.45) is 5.93. The highest BCUT2D eigenvalue weighted by Crippen LogP contribution is 2.17. The van der Waals surface area contributed by atoms with E-state index in [4.69, 9.17) is 0 Å². The summed E-state index contributed by atoms with van der Waals surface area (Å²) >= 11 is 0. The Morgan fingerprint density at radius 1 is 1.47 bits per heavy atom. The lowest BCUT2D eigenvalue weighted by molar-refractivity contribution is -0.137. The summed E-state index contributed by atoms with van der Waals surface area (Å²) in [6, 6.07) is 0.